The number of halogens is 1. The summed E-state index contributed by atoms with van der Waals surface area (Å²) < 4.78 is 1.95. The first-order valence-corrected chi connectivity index (χ1v) is 7.11. The number of benzene rings is 1. The molecule has 0 radical (unpaired) electrons. The third-order valence-electron chi connectivity index (χ3n) is 2.53. The van der Waals surface area contributed by atoms with E-state index in [2.05, 4.69) is 31.2 Å². The monoisotopic (exact) mass is 333 g/mol. The van der Waals surface area contributed by atoms with Gasteiger partial charge in [0.25, 0.3) is 5.91 Å². The third-order valence-corrected chi connectivity index (χ3v) is 4.11. The van der Waals surface area contributed by atoms with Gasteiger partial charge < -0.3 is 0 Å². The second-order valence-corrected chi connectivity index (χ2v) is 5.68. The van der Waals surface area contributed by atoms with Crippen LogP contribution in [0.1, 0.15) is 10.4 Å². The highest BCUT2D eigenvalue weighted by atomic mass is 79.9. The summed E-state index contributed by atoms with van der Waals surface area (Å²) in [5.41, 5.74) is 1.42. The Bertz CT molecular complexity index is 742. The van der Waals surface area contributed by atoms with Gasteiger partial charge in [0, 0.05) is 22.4 Å². The molecule has 0 aliphatic heterocycles. The van der Waals surface area contributed by atoms with Crippen LogP contribution in [0.3, 0.4) is 0 Å². The number of anilines is 1. The van der Waals surface area contributed by atoms with E-state index in [0.717, 1.165) is 14.7 Å². The molecule has 0 unspecified atom stereocenters. The predicted molar refractivity (Wildman–Crippen MR) is 79.5 cm³/mol. The first-order valence-electron chi connectivity index (χ1n) is 5.50. The highest BCUT2D eigenvalue weighted by molar-refractivity contribution is 9.10. The summed E-state index contributed by atoms with van der Waals surface area (Å²) in [6.07, 6.45) is 3.17. The van der Waals surface area contributed by atoms with Gasteiger partial charge in [0.2, 0.25) is 0 Å². The topological polar surface area (TPSA) is 54.9 Å². The van der Waals surface area contributed by atoms with Crippen LogP contribution in [0.5, 0.6) is 0 Å². The molecule has 0 saturated heterocycles. The van der Waals surface area contributed by atoms with E-state index in [-0.39, 0.29) is 5.91 Å². The summed E-state index contributed by atoms with van der Waals surface area (Å²) in [6, 6.07) is 9.17. The van der Waals surface area contributed by atoms with Gasteiger partial charge in [-0.25, -0.2) is 4.98 Å². The molecule has 0 spiro atoms. The van der Waals surface area contributed by atoms with Crippen molar-refractivity contribution in [2.75, 3.05) is 5.32 Å². The number of nitrogens with one attached hydrogen (secondary N) is 1. The van der Waals surface area contributed by atoms with Crippen molar-refractivity contribution in [2.24, 2.45) is 0 Å². The van der Waals surface area contributed by atoms with E-state index < -0.39 is 0 Å². The Morgan fingerprint density at radius 3 is 2.74 bits per heavy atom. The molecule has 6 heteroatoms. The van der Waals surface area contributed by atoms with Crippen LogP contribution in [0, 0.1) is 0 Å². The molecular formula is C13H8BrN3OS. The summed E-state index contributed by atoms with van der Waals surface area (Å²) >= 11 is 4.89. The lowest BCUT2D eigenvalue weighted by atomic mass is 10.2. The minimum Gasteiger partial charge on any atom is -0.298 e. The van der Waals surface area contributed by atoms with Crippen molar-refractivity contribution in [3.05, 3.63) is 52.8 Å². The average Bonchev–Trinajstić information content (AvgIpc) is 2.84. The van der Waals surface area contributed by atoms with Gasteiger partial charge in [-0.05, 0) is 40.2 Å². The molecule has 1 amide bonds. The molecule has 1 N–H and O–H groups in total. The van der Waals surface area contributed by atoms with Crippen LogP contribution in [0.15, 0.2) is 47.2 Å². The van der Waals surface area contributed by atoms with Crippen molar-refractivity contribution in [1.29, 1.82) is 0 Å². The van der Waals surface area contributed by atoms with Crippen molar-refractivity contribution in [1.82, 2.24) is 9.97 Å². The number of amides is 1. The molecule has 3 rings (SSSR count). The predicted octanol–water partition coefficient (Wildman–Crippen LogP) is 3.71. The lowest BCUT2D eigenvalue weighted by Gasteiger charge is -1.99. The number of rotatable bonds is 2. The van der Waals surface area contributed by atoms with Crippen LogP contribution in [-0.2, 0) is 0 Å². The molecule has 0 saturated carbocycles. The largest absolute Gasteiger partial charge is 0.298 e. The van der Waals surface area contributed by atoms with E-state index in [1.165, 1.54) is 11.3 Å². The van der Waals surface area contributed by atoms with E-state index in [1.807, 2.05) is 18.2 Å². The van der Waals surface area contributed by atoms with Gasteiger partial charge in [-0.1, -0.05) is 17.4 Å². The number of fused-ring (bicyclic) bond motifs is 1. The SMILES string of the molecule is O=C(Nc1nc2c(Br)cccc2s1)c1ccncc1. The first kappa shape index (κ1) is 12.3. The number of thiazole rings is 1. The zero-order chi connectivity index (χ0) is 13.2. The summed E-state index contributed by atoms with van der Waals surface area (Å²) in [4.78, 5) is 20.3. The van der Waals surface area contributed by atoms with E-state index in [0.29, 0.717) is 10.7 Å². The van der Waals surface area contributed by atoms with E-state index in [4.69, 9.17) is 0 Å². The minimum atomic E-state index is -0.183. The molecule has 0 bridgehead atoms. The summed E-state index contributed by atoms with van der Waals surface area (Å²) in [7, 11) is 0. The standard InChI is InChI=1S/C13H8BrN3OS/c14-9-2-1-3-10-11(9)16-13(19-10)17-12(18)8-4-6-15-7-5-8/h1-7H,(H,16,17,18). The number of para-hydroxylation sites is 1. The third kappa shape index (κ3) is 2.50. The second kappa shape index (κ2) is 5.07. The minimum absolute atomic E-state index is 0.183. The number of aromatic nitrogens is 2. The fourth-order valence-corrected chi connectivity index (χ4v) is 3.11. The van der Waals surface area contributed by atoms with Crippen LogP contribution >= 0.6 is 27.3 Å². The number of carbonyl (C=O) groups excluding carboxylic acids is 1. The molecular weight excluding hydrogens is 326 g/mol. The lowest BCUT2D eigenvalue weighted by molar-refractivity contribution is 0.102. The van der Waals surface area contributed by atoms with Crippen molar-refractivity contribution in [3.8, 4) is 0 Å². The van der Waals surface area contributed by atoms with Gasteiger partial charge >= 0.3 is 0 Å². The smallest absolute Gasteiger partial charge is 0.257 e. The fraction of sp³-hybridized carbons (Fsp3) is 0. The quantitative estimate of drug-likeness (QED) is 0.777. The number of pyridine rings is 1. The molecule has 0 aliphatic rings. The Balaban J connectivity index is 1.90. The van der Waals surface area contributed by atoms with E-state index in [1.54, 1.807) is 24.5 Å². The maximum Gasteiger partial charge on any atom is 0.257 e. The van der Waals surface area contributed by atoms with Crippen molar-refractivity contribution in [3.63, 3.8) is 0 Å². The second-order valence-electron chi connectivity index (χ2n) is 3.80. The maximum absolute atomic E-state index is 12.0. The summed E-state index contributed by atoms with van der Waals surface area (Å²) in [5, 5.41) is 3.38. The van der Waals surface area contributed by atoms with E-state index >= 15 is 0 Å². The fourth-order valence-electron chi connectivity index (χ4n) is 1.64. The zero-order valence-electron chi connectivity index (χ0n) is 9.63. The molecule has 94 valence electrons. The van der Waals surface area contributed by atoms with E-state index in [9.17, 15) is 4.79 Å². The molecule has 19 heavy (non-hydrogen) atoms. The molecule has 0 atom stereocenters. The molecule has 3 aromatic rings. The van der Waals surface area contributed by atoms with Gasteiger partial charge in [-0.2, -0.15) is 0 Å². The molecule has 0 fully saturated rings. The van der Waals surface area contributed by atoms with Gasteiger partial charge in [0.15, 0.2) is 5.13 Å². The highest BCUT2D eigenvalue weighted by Crippen LogP contribution is 2.30. The van der Waals surface area contributed by atoms with Gasteiger partial charge in [-0.3, -0.25) is 15.1 Å². The number of hydrogen-bond donors (Lipinski definition) is 1. The van der Waals surface area contributed by atoms with Crippen LogP contribution in [-0.4, -0.2) is 15.9 Å². The molecule has 2 aromatic heterocycles. The summed E-state index contributed by atoms with van der Waals surface area (Å²) in [5.74, 6) is -0.183. The molecule has 0 aliphatic carbocycles. The highest BCUT2D eigenvalue weighted by Gasteiger charge is 2.10. The van der Waals surface area contributed by atoms with Crippen LogP contribution in [0.25, 0.3) is 10.2 Å². The van der Waals surface area contributed by atoms with Crippen molar-refractivity contribution < 1.29 is 4.79 Å². The summed E-state index contributed by atoms with van der Waals surface area (Å²) in [6.45, 7) is 0. The maximum atomic E-state index is 12.0. The number of carbonyl (C=O) groups is 1. The van der Waals surface area contributed by atoms with Gasteiger partial charge in [0.05, 0.1) is 10.2 Å². The van der Waals surface area contributed by atoms with Crippen LogP contribution in [0.2, 0.25) is 0 Å². The Morgan fingerprint density at radius 1 is 1.21 bits per heavy atom. The van der Waals surface area contributed by atoms with Gasteiger partial charge in [-0.15, -0.1) is 0 Å². The Labute approximate surface area is 121 Å². The first-order chi connectivity index (χ1) is 9.24. The Hall–Kier alpha value is -1.79. The average molecular weight is 334 g/mol. The molecule has 2 heterocycles. The molecule has 1 aromatic carbocycles. The van der Waals surface area contributed by atoms with Crippen LogP contribution in [0.4, 0.5) is 5.13 Å². The Morgan fingerprint density at radius 2 is 2.00 bits per heavy atom. The molecule has 4 nitrogen and oxygen atoms in total. The van der Waals surface area contributed by atoms with Crippen molar-refractivity contribution >= 4 is 48.5 Å². The van der Waals surface area contributed by atoms with Crippen LogP contribution < -0.4 is 5.32 Å². The number of nitrogens with zero attached hydrogens (tertiary/aromatic N) is 2. The van der Waals surface area contributed by atoms with Crippen molar-refractivity contribution in [2.45, 2.75) is 0 Å². The Kier molecular flexibility index (Phi) is 3.27. The van der Waals surface area contributed by atoms with Gasteiger partial charge in [0.1, 0.15) is 0 Å². The lowest BCUT2D eigenvalue weighted by Crippen LogP contribution is -2.11. The number of hydrogen-bond acceptors (Lipinski definition) is 4. The normalized spacial score (nSPS) is 10.6. The zero-order valence-corrected chi connectivity index (χ0v) is 12.0.